The number of hydrogen-bond donors (Lipinski definition) is 0. The van der Waals surface area contributed by atoms with Crippen LogP contribution in [0.5, 0.6) is 0 Å². The Hall–Kier alpha value is -1.64. The van der Waals surface area contributed by atoms with Gasteiger partial charge in [0.25, 0.3) is 0 Å². The minimum absolute atomic E-state index is 0.0222. The topological polar surface area (TPSA) is 62.5 Å². The maximum Gasteiger partial charge on any atom is 0.470 e. The van der Waals surface area contributed by atoms with E-state index in [0.717, 1.165) is 0 Å². The second kappa shape index (κ2) is 5.39. The Labute approximate surface area is 113 Å². The summed E-state index contributed by atoms with van der Waals surface area (Å²) < 4.78 is 41.5. The Bertz CT molecular complexity index is 486. The van der Waals surface area contributed by atoms with Crippen molar-refractivity contribution in [2.75, 3.05) is 27.2 Å². The van der Waals surface area contributed by atoms with Crippen LogP contribution in [0.15, 0.2) is 4.42 Å². The Morgan fingerprint density at radius 1 is 1.45 bits per heavy atom. The van der Waals surface area contributed by atoms with Crippen LogP contribution in [0.4, 0.5) is 13.2 Å². The highest BCUT2D eigenvalue weighted by atomic mass is 19.4. The molecule has 112 valence electrons. The summed E-state index contributed by atoms with van der Waals surface area (Å²) in [5.74, 6) is -1.54. The Morgan fingerprint density at radius 3 is 2.70 bits per heavy atom. The first-order valence-electron chi connectivity index (χ1n) is 6.10. The Morgan fingerprint density at radius 2 is 2.15 bits per heavy atom. The molecule has 1 aliphatic rings. The van der Waals surface area contributed by atoms with Crippen LogP contribution in [0.25, 0.3) is 0 Å². The van der Waals surface area contributed by atoms with Crippen molar-refractivity contribution in [2.24, 2.45) is 5.92 Å². The summed E-state index contributed by atoms with van der Waals surface area (Å²) in [6, 6.07) is 0. The molecule has 0 bridgehead atoms. The van der Waals surface area contributed by atoms with Gasteiger partial charge in [-0.3, -0.25) is 9.69 Å². The van der Waals surface area contributed by atoms with E-state index in [9.17, 15) is 18.0 Å². The first-order valence-corrected chi connectivity index (χ1v) is 6.10. The maximum absolute atomic E-state index is 12.3. The molecule has 0 N–H and O–H groups in total. The summed E-state index contributed by atoms with van der Waals surface area (Å²) in [7, 11) is 3.36. The van der Waals surface area contributed by atoms with E-state index in [1.165, 1.54) is 4.90 Å². The van der Waals surface area contributed by atoms with Crippen LogP contribution in [0, 0.1) is 5.92 Å². The standard InChI is InChI=1S/C11H15F3N4O2/c1-17(2)9(19)7-3-4-18(5-7)6-8-15-16-10(20-8)11(12,13)14/h7H,3-6H2,1-2H3. The number of nitrogens with zero attached hydrogens (tertiary/aromatic N) is 4. The van der Waals surface area contributed by atoms with Crippen LogP contribution >= 0.6 is 0 Å². The Kier molecular flexibility index (Phi) is 3.98. The highest BCUT2D eigenvalue weighted by Crippen LogP contribution is 2.28. The lowest BCUT2D eigenvalue weighted by Crippen LogP contribution is -2.31. The largest absolute Gasteiger partial charge is 0.470 e. The molecule has 20 heavy (non-hydrogen) atoms. The zero-order valence-corrected chi connectivity index (χ0v) is 11.1. The van der Waals surface area contributed by atoms with E-state index in [1.54, 1.807) is 14.1 Å². The van der Waals surface area contributed by atoms with Gasteiger partial charge in [0.1, 0.15) is 0 Å². The zero-order chi connectivity index (χ0) is 14.9. The fourth-order valence-corrected chi connectivity index (χ4v) is 2.17. The van der Waals surface area contributed by atoms with Crippen molar-refractivity contribution in [2.45, 2.75) is 19.1 Å². The molecule has 1 atom stereocenters. The molecule has 1 aliphatic heterocycles. The fraction of sp³-hybridized carbons (Fsp3) is 0.727. The van der Waals surface area contributed by atoms with Gasteiger partial charge in [-0.15, -0.1) is 10.2 Å². The molecule has 0 aliphatic carbocycles. The van der Waals surface area contributed by atoms with Crippen molar-refractivity contribution < 1.29 is 22.4 Å². The first-order chi connectivity index (χ1) is 9.27. The van der Waals surface area contributed by atoms with E-state index in [2.05, 4.69) is 14.6 Å². The molecule has 0 radical (unpaired) electrons. The minimum Gasteiger partial charge on any atom is -0.416 e. The molecular formula is C11H15F3N4O2. The van der Waals surface area contributed by atoms with Gasteiger partial charge in [-0.2, -0.15) is 13.2 Å². The minimum atomic E-state index is -4.63. The number of carbonyl (C=O) groups excluding carboxylic acids is 1. The summed E-state index contributed by atoms with van der Waals surface area (Å²) in [5, 5.41) is 6.35. The molecule has 1 aromatic heterocycles. The molecule has 1 saturated heterocycles. The molecular weight excluding hydrogens is 277 g/mol. The zero-order valence-electron chi connectivity index (χ0n) is 11.1. The molecule has 0 spiro atoms. The van der Waals surface area contributed by atoms with E-state index in [1.807, 2.05) is 4.90 Å². The van der Waals surface area contributed by atoms with Crippen molar-refractivity contribution in [3.63, 3.8) is 0 Å². The number of rotatable bonds is 3. The first kappa shape index (κ1) is 14.8. The van der Waals surface area contributed by atoms with Crippen molar-refractivity contribution in [3.8, 4) is 0 Å². The summed E-state index contributed by atoms with van der Waals surface area (Å²) in [6.45, 7) is 1.23. The monoisotopic (exact) mass is 292 g/mol. The third kappa shape index (κ3) is 3.27. The van der Waals surface area contributed by atoms with Crippen LogP contribution in [0.1, 0.15) is 18.2 Å². The quantitative estimate of drug-likeness (QED) is 0.831. The smallest absolute Gasteiger partial charge is 0.416 e. The van der Waals surface area contributed by atoms with Crippen molar-refractivity contribution in [3.05, 3.63) is 11.8 Å². The van der Waals surface area contributed by atoms with Crippen molar-refractivity contribution in [1.29, 1.82) is 0 Å². The van der Waals surface area contributed by atoms with Crippen LogP contribution < -0.4 is 0 Å². The molecule has 2 rings (SSSR count). The van der Waals surface area contributed by atoms with Gasteiger partial charge in [-0.05, 0) is 13.0 Å². The molecule has 6 nitrogen and oxygen atoms in total. The van der Waals surface area contributed by atoms with Gasteiger partial charge >= 0.3 is 12.1 Å². The number of carbonyl (C=O) groups is 1. The van der Waals surface area contributed by atoms with Gasteiger partial charge < -0.3 is 9.32 Å². The number of amides is 1. The molecule has 0 saturated carbocycles. The van der Waals surface area contributed by atoms with E-state index in [4.69, 9.17) is 0 Å². The van der Waals surface area contributed by atoms with Gasteiger partial charge in [0.2, 0.25) is 11.8 Å². The molecule has 2 heterocycles. The summed E-state index contributed by atoms with van der Waals surface area (Å²) in [5.41, 5.74) is 0. The second-order valence-electron chi connectivity index (χ2n) is 4.95. The Balaban J connectivity index is 1.92. The molecule has 1 fully saturated rings. The third-order valence-electron chi connectivity index (χ3n) is 3.13. The lowest BCUT2D eigenvalue weighted by molar-refractivity contribution is -0.157. The highest BCUT2D eigenvalue weighted by molar-refractivity contribution is 5.78. The maximum atomic E-state index is 12.3. The predicted octanol–water partition coefficient (Wildman–Crippen LogP) is 0.998. The summed E-state index contributed by atoms with van der Waals surface area (Å²) in [6.07, 6.45) is -3.95. The molecule has 1 unspecified atom stereocenters. The van der Waals surface area contributed by atoms with Gasteiger partial charge in [-0.1, -0.05) is 0 Å². The molecule has 1 aromatic rings. The third-order valence-corrected chi connectivity index (χ3v) is 3.13. The van der Waals surface area contributed by atoms with E-state index in [-0.39, 0.29) is 24.3 Å². The van der Waals surface area contributed by atoms with E-state index >= 15 is 0 Å². The summed E-state index contributed by atoms with van der Waals surface area (Å²) in [4.78, 5) is 15.1. The fourth-order valence-electron chi connectivity index (χ4n) is 2.17. The van der Waals surface area contributed by atoms with Gasteiger partial charge in [-0.25, -0.2) is 0 Å². The number of hydrogen-bond acceptors (Lipinski definition) is 5. The van der Waals surface area contributed by atoms with Gasteiger partial charge in [0, 0.05) is 20.6 Å². The number of aromatic nitrogens is 2. The van der Waals surface area contributed by atoms with Gasteiger partial charge in [0.05, 0.1) is 12.5 Å². The lowest BCUT2D eigenvalue weighted by Gasteiger charge is -2.16. The number of halogens is 3. The predicted molar refractivity (Wildman–Crippen MR) is 61.4 cm³/mol. The number of alkyl halides is 3. The summed E-state index contributed by atoms with van der Waals surface area (Å²) >= 11 is 0. The average Bonchev–Trinajstić information content (AvgIpc) is 2.96. The van der Waals surface area contributed by atoms with Crippen LogP contribution in [-0.4, -0.2) is 53.1 Å². The highest BCUT2D eigenvalue weighted by Gasteiger charge is 2.38. The lowest BCUT2D eigenvalue weighted by atomic mass is 10.1. The molecule has 1 amide bonds. The molecule has 9 heteroatoms. The van der Waals surface area contributed by atoms with E-state index < -0.39 is 12.1 Å². The normalized spacial score (nSPS) is 20.4. The second-order valence-corrected chi connectivity index (χ2v) is 4.95. The van der Waals surface area contributed by atoms with Gasteiger partial charge in [0.15, 0.2) is 0 Å². The average molecular weight is 292 g/mol. The SMILES string of the molecule is CN(C)C(=O)C1CCN(Cc2nnc(C(F)(F)F)o2)C1. The molecule has 0 aromatic carbocycles. The number of likely N-dealkylation sites (tertiary alicyclic amines) is 1. The van der Waals surface area contributed by atoms with Crippen LogP contribution in [0.2, 0.25) is 0 Å². The van der Waals surface area contributed by atoms with Crippen LogP contribution in [-0.2, 0) is 17.5 Å². The van der Waals surface area contributed by atoms with E-state index in [0.29, 0.717) is 19.5 Å². The van der Waals surface area contributed by atoms with Crippen LogP contribution in [0.3, 0.4) is 0 Å². The van der Waals surface area contributed by atoms with Crippen molar-refractivity contribution in [1.82, 2.24) is 20.0 Å². The van der Waals surface area contributed by atoms with Crippen molar-refractivity contribution >= 4 is 5.91 Å².